The van der Waals surface area contributed by atoms with Crippen LogP contribution in [0.15, 0.2) is 11.6 Å². The van der Waals surface area contributed by atoms with Crippen molar-refractivity contribution >= 4 is 17.7 Å². The van der Waals surface area contributed by atoms with Gasteiger partial charge in [0, 0.05) is 11.5 Å². The van der Waals surface area contributed by atoms with Gasteiger partial charge in [0.05, 0.1) is 12.1 Å². The fourth-order valence-electron chi connectivity index (χ4n) is 4.52. The molecule has 0 aromatic heterocycles. The Hall–Kier alpha value is -1.69. The number of carboxylic acids is 1. The topological polar surface area (TPSA) is 95.5 Å². The Morgan fingerprint density at radius 1 is 0.970 bits per heavy atom. The summed E-state index contributed by atoms with van der Waals surface area (Å²) >= 11 is 0. The van der Waals surface area contributed by atoms with Gasteiger partial charge in [0.2, 0.25) is 5.91 Å². The maximum atomic E-state index is 13.7. The Kier molecular flexibility index (Phi) is 12.6. The number of amides is 1. The molecule has 6 nitrogen and oxygen atoms in total. The maximum Gasteiger partial charge on any atom is 0.330 e. The number of nitrogens with one attached hydrogen (secondary N) is 2. The second-order valence-corrected chi connectivity index (χ2v) is 11.6. The lowest BCUT2D eigenvalue weighted by Gasteiger charge is -2.38. The molecule has 192 valence electrons. The van der Waals surface area contributed by atoms with Gasteiger partial charge >= 0.3 is 5.97 Å². The zero-order valence-electron chi connectivity index (χ0n) is 23.0. The zero-order chi connectivity index (χ0) is 26.1. The number of rotatable bonds is 14. The monoisotopic (exact) mass is 466 g/mol. The van der Waals surface area contributed by atoms with Gasteiger partial charge < -0.3 is 15.7 Å². The number of unbranched alkanes of at least 4 members (excludes halogenated alkanes) is 2. The highest BCUT2D eigenvalue weighted by Crippen LogP contribution is 2.32. The second kappa shape index (κ2) is 13.3. The number of likely N-dealkylation sites (N-methyl/N-ethyl adjacent to an activating group) is 1. The molecule has 4 atom stereocenters. The Morgan fingerprint density at radius 2 is 1.52 bits per heavy atom. The fraction of sp³-hybridized carbons (Fsp3) is 0.815. The summed E-state index contributed by atoms with van der Waals surface area (Å²) in [5, 5.41) is 15.6. The molecule has 0 aromatic carbocycles. The number of hydrogen-bond acceptors (Lipinski definition) is 4. The molecule has 0 heterocycles. The van der Waals surface area contributed by atoms with E-state index in [2.05, 4.69) is 31.4 Å². The highest BCUT2D eigenvalue weighted by Gasteiger charge is 2.41. The summed E-state index contributed by atoms with van der Waals surface area (Å²) in [6.45, 7) is 19.6. The minimum absolute atomic E-state index is 0.0670. The summed E-state index contributed by atoms with van der Waals surface area (Å²) in [6, 6.07) is -1.10. The van der Waals surface area contributed by atoms with Crippen molar-refractivity contribution in [1.29, 1.82) is 0 Å². The molecule has 0 fully saturated rings. The molecule has 1 unspecified atom stereocenters. The number of ketones is 1. The Balaban J connectivity index is 5.88. The minimum atomic E-state index is -0.983. The van der Waals surface area contributed by atoms with Crippen molar-refractivity contribution in [3.8, 4) is 0 Å². The van der Waals surface area contributed by atoms with E-state index in [1.165, 1.54) is 0 Å². The Morgan fingerprint density at radius 3 is 1.91 bits per heavy atom. The van der Waals surface area contributed by atoms with Gasteiger partial charge in [-0.25, -0.2) is 4.79 Å². The fourth-order valence-corrected chi connectivity index (χ4v) is 4.52. The van der Waals surface area contributed by atoms with Crippen LogP contribution in [-0.4, -0.2) is 41.9 Å². The Bertz CT molecular complexity index is 689. The van der Waals surface area contributed by atoms with Crippen LogP contribution in [-0.2, 0) is 14.4 Å². The molecule has 0 aromatic rings. The van der Waals surface area contributed by atoms with Crippen LogP contribution >= 0.6 is 0 Å². The molecule has 0 radical (unpaired) electrons. The van der Waals surface area contributed by atoms with Gasteiger partial charge in [0.1, 0.15) is 0 Å². The number of carboxylic acid groups (broad SMARTS) is 1. The van der Waals surface area contributed by atoms with Gasteiger partial charge in [0.25, 0.3) is 0 Å². The van der Waals surface area contributed by atoms with Crippen LogP contribution in [0, 0.1) is 28.6 Å². The zero-order valence-corrected chi connectivity index (χ0v) is 23.0. The quantitative estimate of drug-likeness (QED) is 0.241. The van der Waals surface area contributed by atoms with Gasteiger partial charge in [-0.2, -0.15) is 0 Å². The van der Waals surface area contributed by atoms with Crippen LogP contribution in [0.25, 0.3) is 0 Å². The lowest BCUT2D eigenvalue weighted by atomic mass is 9.73. The normalized spacial score (nSPS) is 16.8. The smallest absolute Gasteiger partial charge is 0.330 e. The molecule has 1 amide bonds. The first kappa shape index (κ1) is 31.3. The number of carbonyl (C=O) groups is 3. The standard InChI is InChI=1S/C27H50N2O4/c1-12-13-14-15-27(9,10)23(28-11)24(31)29-22(26(6,7)8)21(30)19(5)20(17(2)3)16-18(4)25(32)33/h16-17,19-20,22-23,28H,12-15H2,1-11H3,(H,29,31)(H,32,33)/b18-16+/t19?,20-,22-,23+/m1/s1. The van der Waals surface area contributed by atoms with Crippen LogP contribution in [0.5, 0.6) is 0 Å². The van der Waals surface area contributed by atoms with Crippen molar-refractivity contribution in [2.45, 2.75) is 107 Å². The van der Waals surface area contributed by atoms with Crippen molar-refractivity contribution in [1.82, 2.24) is 10.6 Å². The molecule has 0 saturated heterocycles. The summed E-state index contributed by atoms with van der Waals surface area (Å²) in [5.41, 5.74) is -0.514. The molecule has 3 N–H and O–H groups in total. The molecule has 0 aliphatic rings. The molecule has 6 heteroatoms. The van der Waals surface area contributed by atoms with E-state index < -0.39 is 29.4 Å². The van der Waals surface area contributed by atoms with Crippen LogP contribution in [0.4, 0.5) is 0 Å². The van der Waals surface area contributed by atoms with Crippen LogP contribution in [0.2, 0.25) is 0 Å². The summed E-state index contributed by atoms with van der Waals surface area (Å²) in [7, 11) is 1.79. The molecule has 0 bridgehead atoms. The van der Waals surface area contributed by atoms with E-state index in [1.807, 2.05) is 41.5 Å². The SMILES string of the molecule is CCCCCC(C)(C)[C@@H](NC)C(=O)N[C@H](C(=O)C(C)[C@H](/C=C(\C)C(=O)O)C(C)C)C(C)(C)C. The van der Waals surface area contributed by atoms with E-state index in [0.29, 0.717) is 0 Å². The average molecular weight is 467 g/mol. The Labute approximate surface area is 202 Å². The van der Waals surface area contributed by atoms with Crippen LogP contribution < -0.4 is 10.6 Å². The number of aliphatic carboxylic acids is 1. The molecular weight excluding hydrogens is 416 g/mol. The van der Waals surface area contributed by atoms with Crippen molar-refractivity contribution in [3.63, 3.8) is 0 Å². The highest BCUT2D eigenvalue weighted by molar-refractivity contribution is 5.93. The van der Waals surface area contributed by atoms with E-state index in [0.717, 1.165) is 25.7 Å². The summed E-state index contributed by atoms with van der Waals surface area (Å²) < 4.78 is 0. The lowest BCUT2D eigenvalue weighted by molar-refractivity contribution is -0.135. The maximum absolute atomic E-state index is 13.7. The number of hydrogen-bond donors (Lipinski definition) is 3. The summed E-state index contributed by atoms with van der Waals surface area (Å²) in [6.07, 6.45) is 5.90. The van der Waals surface area contributed by atoms with Crippen LogP contribution in [0.1, 0.15) is 94.9 Å². The summed E-state index contributed by atoms with van der Waals surface area (Å²) in [5.74, 6) is -1.81. The molecule has 33 heavy (non-hydrogen) atoms. The highest BCUT2D eigenvalue weighted by atomic mass is 16.4. The third kappa shape index (κ3) is 9.60. The van der Waals surface area contributed by atoms with E-state index in [4.69, 9.17) is 0 Å². The van der Waals surface area contributed by atoms with Gasteiger partial charge in [-0.1, -0.05) is 87.7 Å². The molecule has 0 aliphatic heterocycles. The summed E-state index contributed by atoms with van der Waals surface area (Å²) in [4.78, 5) is 38.4. The van der Waals surface area contributed by atoms with E-state index >= 15 is 0 Å². The molecule has 0 rings (SSSR count). The van der Waals surface area contributed by atoms with E-state index in [9.17, 15) is 19.5 Å². The van der Waals surface area contributed by atoms with Gasteiger partial charge in [-0.15, -0.1) is 0 Å². The van der Waals surface area contributed by atoms with Crippen LogP contribution in [0.3, 0.4) is 0 Å². The first-order valence-electron chi connectivity index (χ1n) is 12.4. The van der Waals surface area contributed by atoms with Gasteiger partial charge in [-0.3, -0.25) is 9.59 Å². The van der Waals surface area contributed by atoms with E-state index in [1.54, 1.807) is 20.0 Å². The predicted octanol–water partition coefficient (Wildman–Crippen LogP) is 5.22. The molecule has 0 saturated carbocycles. The van der Waals surface area contributed by atoms with Crippen molar-refractivity contribution in [2.75, 3.05) is 7.05 Å². The lowest BCUT2D eigenvalue weighted by Crippen LogP contribution is -2.59. The largest absolute Gasteiger partial charge is 0.478 e. The number of carbonyl (C=O) groups excluding carboxylic acids is 2. The molecule has 0 spiro atoms. The number of allylic oxidation sites excluding steroid dienone is 1. The minimum Gasteiger partial charge on any atom is -0.478 e. The number of Topliss-reactive ketones (excluding diaryl/α,β-unsaturated/α-hetero) is 1. The predicted molar refractivity (Wildman–Crippen MR) is 136 cm³/mol. The van der Waals surface area contributed by atoms with Crippen molar-refractivity contribution < 1.29 is 19.5 Å². The first-order valence-corrected chi connectivity index (χ1v) is 12.4. The van der Waals surface area contributed by atoms with E-state index in [-0.39, 0.29) is 34.5 Å². The van der Waals surface area contributed by atoms with Gasteiger partial charge in [0.15, 0.2) is 5.78 Å². The van der Waals surface area contributed by atoms with Gasteiger partial charge in [-0.05, 0) is 43.1 Å². The second-order valence-electron chi connectivity index (χ2n) is 11.6. The first-order chi connectivity index (χ1) is 15.0. The van der Waals surface area contributed by atoms with Crippen molar-refractivity contribution in [2.24, 2.45) is 28.6 Å². The third-order valence-corrected chi connectivity index (χ3v) is 6.77. The third-order valence-electron chi connectivity index (χ3n) is 6.77. The average Bonchev–Trinajstić information content (AvgIpc) is 2.68. The van der Waals surface area contributed by atoms with Crippen molar-refractivity contribution in [3.05, 3.63) is 11.6 Å². The molecular formula is C27H50N2O4. The molecule has 0 aliphatic carbocycles.